The molecule has 3 aromatic rings. The number of carbonyl (C=O) groups is 2. The number of allylic oxidation sites excluding steroid dienone is 2. The number of carbonyl (C=O) groups excluding carboxylic acids is 2. The molecular formula is C35H35BrF6N2O4. The molecular weight excluding hydrogens is 706 g/mol. The van der Waals surface area contributed by atoms with Crippen LogP contribution in [0.25, 0.3) is 11.1 Å². The van der Waals surface area contributed by atoms with Gasteiger partial charge in [-0.05, 0) is 108 Å². The lowest BCUT2D eigenvalue weighted by Gasteiger charge is -2.25. The third-order valence-electron chi connectivity index (χ3n) is 7.57. The van der Waals surface area contributed by atoms with Crippen molar-refractivity contribution in [1.82, 2.24) is 9.88 Å². The van der Waals surface area contributed by atoms with Gasteiger partial charge in [0.05, 0.1) is 24.6 Å². The molecule has 258 valence electrons. The van der Waals surface area contributed by atoms with Crippen molar-refractivity contribution in [1.29, 1.82) is 0 Å². The molecule has 0 fully saturated rings. The Morgan fingerprint density at radius 3 is 2.40 bits per heavy atom. The van der Waals surface area contributed by atoms with Crippen molar-refractivity contribution in [2.24, 2.45) is 0 Å². The van der Waals surface area contributed by atoms with Gasteiger partial charge in [0.1, 0.15) is 11.9 Å². The van der Waals surface area contributed by atoms with Gasteiger partial charge < -0.3 is 14.6 Å². The van der Waals surface area contributed by atoms with Crippen LogP contribution in [0.1, 0.15) is 73.4 Å². The maximum absolute atomic E-state index is 15.6. The minimum Gasteiger partial charge on any atom is -0.466 e. The fourth-order valence-corrected chi connectivity index (χ4v) is 5.98. The SMILES string of the molecule is C=CCCCCc1cc(F)cc(C)c1-c1cc(F)c(F)c([C@H](CC(=O)OCC)NC(=O)[C@H](CC=C)n2cc(Br)c(C(F)(F)F)cc2=O)c1. The zero-order valence-corrected chi connectivity index (χ0v) is 27.9. The van der Waals surface area contributed by atoms with Crippen molar-refractivity contribution in [3.05, 3.63) is 116 Å². The molecule has 0 bridgehead atoms. The highest BCUT2D eigenvalue weighted by Crippen LogP contribution is 2.36. The second kappa shape index (κ2) is 16.8. The molecule has 0 unspecified atom stereocenters. The van der Waals surface area contributed by atoms with Crippen molar-refractivity contribution in [2.45, 2.75) is 70.6 Å². The molecule has 2 aromatic carbocycles. The van der Waals surface area contributed by atoms with Gasteiger partial charge in [-0.15, -0.1) is 13.2 Å². The van der Waals surface area contributed by atoms with Crippen LogP contribution in [0.15, 0.2) is 71.1 Å². The van der Waals surface area contributed by atoms with Crippen molar-refractivity contribution in [3.63, 3.8) is 0 Å². The van der Waals surface area contributed by atoms with Crippen molar-refractivity contribution in [3.8, 4) is 11.1 Å². The second-order valence-corrected chi connectivity index (χ2v) is 11.9. The molecule has 0 aliphatic carbocycles. The molecule has 48 heavy (non-hydrogen) atoms. The van der Waals surface area contributed by atoms with Gasteiger partial charge in [0.25, 0.3) is 5.56 Å². The van der Waals surface area contributed by atoms with E-state index in [0.29, 0.717) is 35.6 Å². The summed E-state index contributed by atoms with van der Waals surface area (Å²) < 4.78 is 90.8. The molecule has 13 heteroatoms. The summed E-state index contributed by atoms with van der Waals surface area (Å²) in [6, 6.07) is 2.03. The van der Waals surface area contributed by atoms with Gasteiger partial charge >= 0.3 is 12.1 Å². The van der Waals surface area contributed by atoms with Crippen LogP contribution in [0, 0.1) is 24.4 Å². The first kappa shape index (κ1) is 38.3. The van der Waals surface area contributed by atoms with Crippen LogP contribution >= 0.6 is 15.9 Å². The molecule has 1 N–H and O–H groups in total. The van der Waals surface area contributed by atoms with Crippen LogP contribution in [-0.2, 0) is 26.9 Å². The number of ether oxygens (including phenoxy) is 1. The topological polar surface area (TPSA) is 77.4 Å². The van der Waals surface area contributed by atoms with Crippen LogP contribution in [0.2, 0.25) is 0 Å². The van der Waals surface area contributed by atoms with Crippen molar-refractivity contribution >= 4 is 27.8 Å². The maximum atomic E-state index is 15.6. The van der Waals surface area contributed by atoms with Gasteiger partial charge in [-0.1, -0.05) is 12.2 Å². The zero-order valence-electron chi connectivity index (χ0n) is 26.4. The molecule has 0 aliphatic heterocycles. The van der Waals surface area contributed by atoms with E-state index in [1.54, 1.807) is 13.0 Å². The van der Waals surface area contributed by atoms with Gasteiger partial charge in [0, 0.05) is 22.3 Å². The van der Waals surface area contributed by atoms with E-state index < -0.39 is 75.2 Å². The molecule has 1 amide bonds. The second-order valence-electron chi connectivity index (χ2n) is 11.0. The van der Waals surface area contributed by atoms with E-state index in [1.165, 1.54) is 31.2 Å². The number of rotatable bonds is 15. The minimum absolute atomic E-state index is 0.0611. The quantitative estimate of drug-likeness (QED) is 0.0731. The largest absolute Gasteiger partial charge is 0.466 e. The Balaban J connectivity index is 2.14. The summed E-state index contributed by atoms with van der Waals surface area (Å²) in [5, 5.41) is 2.47. The summed E-state index contributed by atoms with van der Waals surface area (Å²) in [4.78, 5) is 39.1. The van der Waals surface area contributed by atoms with Crippen LogP contribution in [0.5, 0.6) is 0 Å². The molecule has 6 nitrogen and oxygen atoms in total. The van der Waals surface area contributed by atoms with E-state index in [0.717, 1.165) is 29.7 Å². The Hall–Kier alpha value is -4.13. The van der Waals surface area contributed by atoms with Crippen LogP contribution in [0.4, 0.5) is 26.3 Å². The molecule has 1 aromatic heterocycles. The lowest BCUT2D eigenvalue weighted by atomic mass is 9.89. The van der Waals surface area contributed by atoms with Gasteiger partial charge in [0.2, 0.25) is 5.91 Å². The van der Waals surface area contributed by atoms with Gasteiger partial charge in [0.15, 0.2) is 11.6 Å². The molecule has 0 saturated heterocycles. The Morgan fingerprint density at radius 1 is 1.06 bits per heavy atom. The van der Waals surface area contributed by atoms with Gasteiger partial charge in [-0.2, -0.15) is 13.2 Å². The van der Waals surface area contributed by atoms with Gasteiger partial charge in [-0.3, -0.25) is 14.4 Å². The summed E-state index contributed by atoms with van der Waals surface area (Å²) in [5.41, 5.74) is -1.28. The van der Waals surface area contributed by atoms with Crippen LogP contribution in [-0.4, -0.2) is 23.1 Å². The number of unbranched alkanes of at least 4 members (excludes halogenated alkanes) is 2. The van der Waals surface area contributed by atoms with E-state index >= 15 is 8.78 Å². The number of benzene rings is 2. The smallest absolute Gasteiger partial charge is 0.417 e. The summed E-state index contributed by atoms with van der Waals surface area (Å²) in [7, 11) is 0. The molecule has 0 saturated carbocycles. The molecule has 1 heterocycles. The Bertz CT molecular complexity index is 1740. The van der Waals surface area contributed by atoms with E-state index in [9.17, 15) is 31.9 Å². The summed E-state index contributed by atoms with van der Waals surface area (Å²) in [6.07, 6.45) is 0.591. The molecule has 0 radical (unpaired) electrons. The predicted octanol–water partition coefficient (Wildman–Crippen LogP) is 8.85. The van der Waals surface area contributed by atoms with E-state index in [2.05, 4.69) is 34.4 Å². The summed E-state index contributed by atoms with van der Waals surface area (Å²) in [6.45, 7) is 10.3. The van der Waals surface area contributed by atoms with E-state index in [4.69, 9.17) is 4.74 Å². The fourth-order valence-electron chi connectivity index (χ4n) is 5.42. The number of esters is 1. The Morgan fingerprint density at radius 2 is 1.77 bits per heavy atom. The predicted molar refractivity (Wildman–Crippen MR) is 174 cm³/mol. The van der Waals surface area contributed by atoms with E-state index in [-0.39, 0.29) is 18.6 Å². The number of alkyl halides is 3. The molecule has 0 spiro atoms. The highest BCUT2D eigenvalue weighted by atomic mass is 79.9. The average molecular weight is 742 g/mol. The number of nitrogens with zero attached hydrogens (tertiary/aromatic N) is 1. The van der Waals surface area contributed by atoms with Crippen molar-refractivity contribution < 1.29 is 40.7 Å². The lowest BCUT2D eigenvalue weighted by molar-refractivity contribution is -0.144. The number of pyridine rings is 1. The fraction of sp³-hybridized carbons (Fsp3) is 0.343. The maximum Gasteiger partial charge on any atom is 0.417 e. The normalized spacial score (nSPS) is 12.7. The highest BCUT2D eigenvalue weighted by Gasteiger charge is 2.35. The summed E-state index contributed by atoms with van der Waals surface area (Å²) >= 11 is 2.79. The standard InChI is InChI=1S/C35H35BrF6N2O4/c1-5-8-9-10-12-21-14-23(37)13-20(4)32(21)22-15-24(33(39)27(38)16-22)28(18-31(46)48-7-3)43-34(47)29(11-6-2)44-19-26(36)25(17-30(44)45)35(40,41)42/h5-6,13-17,19,28-29H,1-2,7-12,18H2,3-4H3,(H,43,47)/t28-,29-/m0/s1. The minimum atomic E-state index is -4.86. The first-order valence-electron chi connectivity index (χ1n) is 15.1. The number of aromatic nitrogens is 1. The third kappa shape index (κ3) is 9.48. The first-order valence-corrected chi connectivity index (χ1v) is 15.9. The summed E-state index contributed by atoms with van der Waals surface area (Å²) in [5.74, 6) is -5.07. The number of amides is 1. The Labute approximate surface area is 282 Å². The molecule has 2 atom stereocenters. The number of aryl methyl sites for hydroxylation is 2. The van der Waals surface area contributed by atoms with Crippen LogP contribution < -0.4 is 10.9 Å². The molecule has 0 aliphatic rings. The number of halogens is 7. The first-order chi connectivity index (χ1) is 22.6. The van der Waals surface area contributed by atoms with Crippen LogP contribution in [0.3, 0.4) is 0 Å². The monoisotopic (exact) mass is 740 g/mol. The van der Waals surface area contributed by atoms with Crippen molar-refractivity contribution in [2.75, 3.05) is 6.61 Å². The third-order valence-corrected chi connectivity index (χ3v) is 8.20. The number of hydrogen-bond donors (Lipinski definition) is 1. The number of nitrogens with one attached hydrogen (secondary N) is 1. The zero-order chi connectivity index (χ0) is 35.8. The van der Waals surface area contributed by atoms with Gasteiger partial charge in [-0.25, -0.2) is 13.2 Å². The average Bonchev–Trinajstić information content (AvgIpc) is 2.99. The lowest BCUT2D eigenvalue weighted by Crippen LogP contribution is -2.40. The molecule has 3 rings (SSSR count). The van der Waals surface area contributed by atoms with E-state index in [1.807, 2.05) is 0 Å². The Kier molecular flexibility index (Phi) is 13.4. The number of hydrogen-bond acceptors (Lipinski definition) is 4. The highest BCUT2D eigenvalue weighted by molar-refractivity contribution is 9.10.